The second-order valence-electron chi connectivity index (χ2n) is 11.7. The first kappa shape index (κ1) is 37.0. The van der Waals surface area contributed by atoms with Gasteiger partial charge in [0.25, 0.3) is 0 Å². The summed E-state index contributed by atoms with van der Waals surface area (Å²) in [6.45, 7) is 17.8. The van der Waals surface area contributed by atoms with Crippen LogP contribution >= 0.6 is 0 Å². The SMILES string of the molecule is C[Si](C)=[Zr+2].Cc1cc2c(-c3ccccc3)ccc(C)c2[cH-]1.Cc1ccc(C)c(-c2cccc3[cH-]c(C(C)C)cc23)c1.[Cl-].[Cl-]. The Morgan fingerprint density at radius 3 is 1.93 bits per heavy atom. The molecule has 0 nitrogen and oxygen atoms in total. The van der Waals surface area contributed by atoms with Crippen LogP contribution in [0.1, 0.15) is 47.6 Å². The molecule has 0 N–H and O–H groups in total. The van der Waals surface area contributed by atoms with Gasteiger partial charge in [0, 0.05) is 0 Å². The molecule has 0 amide bonds. The predicted molar refractivity (Wildman–Crippen MR) is 180 cm³/mol. The van der Waals surface area contributed by atoms with E-state index >= 15 is 0 Å². The van der Waals surface area contributed by atoms with E-state index in [1.165, 1.54) is 71.6 Å². The maximum atomic E-state index is 2.36. The molecule has 0 fully saturated rings. The standard InChI is InChI=1S/C20H21.C17H15.C2H6Si.2ClH.Zr/c1-13(2)17-11-16-6-5-7-18(20(16)12-17)19-10-14(3)8-9-15(19)4;1-12-10-16-13(2)8-9-15(17(16)11-12)14-6-4-3-5-7-14;1-3-2;;;/h5-13H,1-4H3;3-11H,1-2H3;1-2H3;2*1H;/q2*-1;;;;+2/p-2. The van der Waals surface area contributed by atoms with Crippen LogP contribution in [0.3, 0.4) is 0 Å². The van der Waals surface area contributed by atoms with Crippen molar-refractivity contribution in [1.29, 1.82) is 0 Å². The fourth-order valence-corrected chi connectivity index (χ4v) is 5.31. The van der Waals surface area contributed by atoms with Gasteiger partial charge in [-0.15, -0.1) is 68.6 Å². The molecule has 0 atom stereocenters. The number of hydrogen-bond acceptors (Lipinski definition) is 0. The second kappa shape index (κ2) is 16.7. The molecule has 6 aromatic rings. The third kappa shape index (κ3) is 9.39. The van der Waals surface area contributed by atoms with Gasteiger partial charge in [-0.3, -0.25) is 0 Å². The molecule has 0 saturated heterocycles. The van der Waals surface area contributed by atoms with Crippen LogP contribution < -0.4 is 24.8 Å². The van der Waals surface area contributed by atoms with Crippen molar-refractivity contribution in [1.82, 2.24) is 0 Å². The van der Waals surface area contributed by atoms with Crippen molar-refractivity contribution in [2.24, 2.45) is 0 Å². The Morgan fingerprint density at radius 1 is 0.628 bits per heavy atom. The molecule has 0 aromatic heterocycles. The third-order valence-electron chi connectivity index (χ3n) is 7.46. The van der Waals surface area contributed by atoms with Crippen LogP contribution in [0, 0.1) is 27.7 Å². The van der Waals surface area contributed by atoms with Crippen LogP contribution in [0.4, 0.5) is 0 Å². The van der Waals surface area contributed by atoms with Crippen LogP contribution in [0.25, 0.3) is 43.8 Å². The fourth-order valence-electron chi connectivity index (χ4n) is 5.31. The van der Waals surface area contributed by atoms with E-state index in [1.807, 2.05) is 0 Å². The van der Waals surface area contributed by atoms with E-state index in [9.17, 15) is 0 Å². The topological polar surface area (TPSA) is 0 Å². The molecule has 43 heavy (non-hydrogen) atoms. The first-order chi connectivity index (χ1) is 19.5. The van der Waals surface area contributed by atoms with Crippen molar-refractivity contribution in [2.75, 3.05) is 0 Å². The zero-order chi connectivity index (χ0) is 29.7. The van der Waals surface area contributed by atoms with Crippen molar-refractivity contribution >= 4 is 27.0 Å². The van der Waals surface area contributed by atoms with Gasteiger partial charge < -0.3 is 24.8 Å². The molecule has 0 heterocycles. The fraction of sp³-hybridized carbons (Fsp3) is 0.231. The predicted octanol–water partition coefficient (Wildman–Crippen LogP) is 5.60. The zero-order valence-electron chi connectivity index (χ0n) is 26.6. The van der Waals surface area contributed by atoms with Gasteiger partial charge in [0.1, 0.15) is 0 Å². The Bertz CT molecular complexity index is 1790. The van der Waals surface area contributed by atoms with Crippen LogP contribution in [-0.4, -0.2) is 5.43 Å². The molecule has 0 saturated carbocycles. The van der Waals surface area contributed by atoms with Gasteiger partial charge in [0.2, 0.25) is 0 Å². The molecule has 6 aromatic carbocycles. The summed E-state index contributed by atoms with van der Waals surface area (Å²) in [5.74, 6) is 0.578. The van der Waals surface area contributed by atoms with Crippen LogP contribution in [-0.2, 0) is 23.3 Å². The molecule has 0 spiro atoms. The average Bonchev–Trinajstić information content (AvgIpc) is 3.55. The summed E-state index contributed by atoms with van der Waals surface area (Å²) in [6.07, 6.45) is 0. The van der Waals surface area contributed by atoms with Gasteiger partial charge >= 0.3 is 41.9 Å². The zero-order valence-corrected chi connectivity index (χ0v) is 31.6. The van der Waals surface area contributed by atoms with Crippen LogP contribution in [0.15, 0.2) is 103 Å². The maximum absolute atomic E-state index is 2.36. The molecule has 0 aliphatic heterocycles. The largest absolute Gasteiger partial charge is 1.00 e. The quantitative estimate of drug-likeness (QED) is 0.167. The molecule has 0 radical (unpaired) electrons. The number of hydrogen-bond donors (Lipinski definition) is 0. The van der Waals surface area contributed by atoms with E-state index in [0.29, 0.717) is 5.92 Å². The number of rotatable bonds is 3. The molecule has 0 aliphatic rings. The molecule has 4 heteroatoms. The summed E-state index contributed by atoms with van der Waals surface area (Å²) in [7, 11) is 0. The summed E-state index contributed by atoms with van der Waals surface area (Å²) in [4.78, 5) is 0. The molecular weight excluding hydrogens is 659 g/mol. The van der Waals surface area contributed by atoms with E-state index in [1.54, 1.807) is 23.3 Å². The maximum Gasteiger partial charge on any atom is -0.0247 e. The number of halogens is 2. The van der Waals surface area contributed by atoms with E-state index in [0.717, 1.165) is 0 Å². The Labute approximate surface area is 286 Å². The van der Waals surface area contributed by atoms with E-state index in [-0.39, 0.29) is 30.2 Å². The van der Waals surface area contributed by atoms with E-state index in [2.05, 4.69) is 158 Å². The Balaban J connectivity index is 0.000000259. The average molecular weight is 701 g/mol. The summed E-state index contributed by atoms with van der Waals surface area (Å²) in [6, 6.07) is 37.6. The monoisotopic (exact) mass is 698 g/mol. The molecule has 0 aliphatic carbocycles. The van der Waals surface area contributed by atoms with Crippen molar-refractivity contribution in [2.45, 2.75) is 60.6 Å². The summed E-state index contributed by atoms with van der Waals surface area (Å²) >= 11 is 1.74. The minimum atomic E-state index is 0. The number of fused-ring (bicyclic) bond motifs is 2. The van der Waals surface area contributed by atoms with E-state index in [4.69, 9.17) is 0 Å². The van der Waals surface area contributed by atoms with Gasteiger partial charge in [0.05, 0.1) is 0 Å². The van der Waals surface area contributed by atoms with Gasteiger partial charge in [0.15, 0.2) is 0 Å². The second-order valence-corrected chi connectivity index (χ2v) is 21.1. The Kier molecular flexibility index (Phi) is 14.4. The molecule has 222 valence electrons. The first-order valence-corrected chi connectivity index (χ1v) is 20.7. The molecule has 0 bridgehead atoms. The van der Waals surface area contributed by atoms with Gasteiger partial charge in [-0.25, -0.2) is 0 Å². The van der Waals surface area contributed by atoms with Gasteiger partial charge in [-0.2, -0.15) is 12.1 Å². The van der Waals surface area contributed by atoms with E-state index < -0.39 is 0 Å². The van der Waals surface area contributed by atoms with Crippen molar-refractivity contribution in [3.63, 3.8) is 0 Å². The number of aryl methyl sites for hydroxylation is 4. The third-order valence-corrected chi connectivity index (χ3v) is 7.46. The Morgan fingerprint density at radius 2 is 1.28 bits per heavy atom. The Hall–Kier alpha value is -2.22. The van der Waals surface area contributed by atoms with Crippen LogP contribution in [0.2, 0.25) is 13.1 Å². The number of benzene rings is 4. The van der Waals surface area contributed by atoms with Crippen LogP contribution in [0.5, 0.6) is 0 Å². The van der Waals surface area contributed by atoms with Crippen molar-refractivity contribution in [3.05, 3.63) is 131 Å². The molecule has 6 rings (SSSR count). The summed E-state index contributed by atoms with van der Waals surface area (Å²) < 4.78 is 0. The molecule has 0 unspecified atom stereocenters. The van der Waals surface area contributed by atoms with Crippen molar-refractivity contribution in [3.8, 4) is 22.3 Å². The minimum absolute atomic E-state index is 0. The summed E-state index contributed by atoms with van der Waals surface area (Å²) in [5.41, 5.74) is 12.3. The molecular formula is C39H42Cl2SiZr-2. The summed E-state index contributed by atoms with van der Waals surface area (Å²) in [5, 5.41) is 5.48. The van der Waals surface area contributed by atoms with Gasteiger partial charge in [-0.1, -0.05) is 105 Å². The smallest absolute Gasteiger partial charge is 0.0247 e. The minimum Gasteiger partial charge on any atom is -1.00 e. The van der Waals surface area contributed by atoms with Crippen molar-refractivity contribution < 1.29 is 48.1 Å². The first-order valence-electron chi connectivity index (χ1n) is 14.6. The van der Waals surface area contributed by atoms with Gasteiger partial charge in [-0.05, 0) is 36.5 Å². The normalized spacial score (nSPS) is 10.3.